The number of anilines is 1. The number of benzene rings is 1. The van der Waals surface area contributed by atoms with Gasteiger partial charge in [-0.05, 0) is 24.1 Å². The second-order valence-corrected chi connectivity index (χ2v) is 8.65. The summed E-state index contributed by atoms with van der Waals surface area (Å²) in [6.45, 7) is 2.17. The van der Waals surface area contributed by atoms with Crippen LogP contribution in [0.4, 0.5) is 5.13 Å². The number of aromatic nitrogens is 2. The normalized spacial score (nSPS) is 15.6. The number of hydrogen-bond acceptors (Lipinski definition) is 7. The molecule has 2 aromatic rings. The summed E-state index contributed by atoms with van der Waals surface area (Å²) in [5.74, 6) is -0.458. The van der Waals surface area contributed by atoms with Gasteiger partial charge in [0.25, 0.3) is 5.91 Å². The zero-order valence-corrected chi connectivity index (χ0v) is 17.5. The van der Waals surface area contributed by atoms with E-state index in [1.165, 1.54) is 28.0 Å². The summed E-state index contributed by atoms with van der Waals surface area (Å²) >= 11 is 14.0. The van der Waals surface area contributed by atoms with E-state index in [0.29, 0.717) is 19.4 Å². The number of nitrogens with zero attached hydrogens (tertiary/aromatic N) is 3. The lowest BCUT2D eigenvalue weighted by molar-refractivity contribution is -0.122. The molecule has 1 saturated heterocycles. The number of amides is 2. The SMILES string of the molecule is CCc1nnc(NC(=O)CCN2C(=O)C(=Cc3ccccc3Cl)SC2=S)s1. The second kappa shape index (κ2) is 8.92. The summed E-state index contributed by atoms with van der Waals surface area (Å²) in [6, 6.07) is 7.26. The Labute approximate surface area is 175 Å². The molecule has 0 bridgehead atoms. The third-order valence-electron chi connectivity index (χ3n) is 3.64. The predicted octanol–water partition coefficient (Wildman–Crippen LogP) is 3.98. The molecule has 0 saturated carbocycles. The lowest BCUT2D eigenvalue weighted by Gasteiger charge is -2.13. The first kappa shape index (κ1) is 19.9. The van der Waals surface area contributed by atoms with Crippen molar-refractivity contribution >= 4 is 74.3 Å². The van der Waals surface area contributed by atoms with Crippen LogP contribution in [0.5, 0.6) is 0 Å². The Balaban J connectivity index is 1.60. The molecule has 0 radical (unpaired) electrons. The van der Waals surface area contributed by atoms with E-state index in [-0.39, 0.29) is 24.8 Å². The summed E-state index contributed by atoms with van der Waals surface area (Å²) < 4.78 is 0.426. The molecular weight excluding hydrogens is 424 g/mol. The van der Waals surface area contributed by atoms with E-state index in [9.17, 15) is 9.59 Å². The molecule has 0 aliphatic carbocycles. The van der Waals surface area contributed by atoms with Crippen molar-refractivity contribution in [2.45, 2.75) is 19.8 Å². The van der Waals surface area contributed by atoms with E-state index < -0.39 is 0 Å². The molecule has 1 aromatic carbocycles. The number of nitrogens with one attached hydrogen (secondary N) is 1. The standard InChI is InChI=1S/C17H15ClN4O2S3/c1-2-14-20-21-16(27-14)19-13(23)7-8-22-15(24)12(26-17(22)25)9-10-5-3-4-6-11(10)18/h3-6,9H,2,7-8H2,1H3,(H,19,21,23). The van der Waals surface area contributed by atoms with Gasteiger partial charge in [0, 0.05) is 18.0 Å². The molecule has 140 valence electrons. The number of thiocarbonyl (C=S) groups is 1. The Bertz CT molecular complexity index is 928. The molecule has 10 heteroatoms. The number of rotatable bonds is 6. The van der Waals surface area contributed by atoms with Crippen molar-refractivity contribution < 1.29 is 9.59 Å². The van der Waals surface area contributed by atoms with Gasteiger partial charge in [0.05, 0.1) is 4.91 Å². The Morgan fingerprint density at radius 1 is 1.37 bits per heavy atom. The average molecular weight is 439 g/mol. The first-order valence-electron chi connectivity index (χ1n) is 8.10. The summed E-state index contributed by atoms with van der Waals surface area (Å²) in [4.78, 5) is 26.6. The number of thioether (sulfide) groups is 1. The summed E-state index contributed by atoms with van der Waals surface area (Å²) in [5, 5.41) is 12.4. The summed E-state index contributed by atoms with van der Waals surface area (Å²) in [6.07, 6.45) is 2.60. The van der Waals surface area contributed by atoms with Crippen LogP contribution in [0.25, 0.3) is 6.08 Å². The van der Waals surface area contributed by atoms with Crippen LogP contribution in [0.3, 0.4) is 0 Å². The molecule has 0 spiro atoms. The smallest absolute Gasteiger partial charge is 0.266 e. The highest BCUT2D eigenvalue weighted by Crippen LogP contribution is 2.33. The predicted molar refractivity (Wildman–Crippen MR) is 114 cm³/mol. The fraction of sp³-hybridized carbons (Fsp3) is 0.235. The van der Waals surface area contributed by atoms with Gasteiger partial charge in [-0.25, -0.2) is 0 Å². The highest BCUT2D eigenvalue weighted by Gasteiger charge is 2.32. The second-order valence-electron chi connectivity index (χ2n) is 5.51. The van der Waals surface area contributed by atoms with Gasteiger partial charge in [0.1, 0.15) is 9.33 Å². The largest absolute Gasteiger partial charge is 0.300 e. The molecule has 1 aromatic heterocycles. The molecule has 27 heavy (non-hydrogen) atoms. The first-order valence-corrected chi connectivity index (χ1v) is 10.5. The van der Waals surface area contributed by atoms with Gasteiger partial charge in [-0.1, -0.05) is 72.0 Å². The van der Waals surface area contributed by atoms with Crippen molar-refractivity contribution in [3.63, 3.8) is 0 Å². The van der Waals surface area contributed by atoms with Crippen LogP contribution in [0.15, 0.2) is 29.2 Å². The van der Waals surface area contributed by atoms with Crippen molar-refractivity contribution in [2.75, 3.05) is 11.9 Å². The Morgan fingerprint density at radius 3 is 2.85 bits per heavy atom. The van der Waals surface area contributed by atoms with Gasteiger partial charge in [0.15, 0.2) is 0 Å². The van der Waals surface area contributed by atoms with Crippen LogP contribution in [-0.2, 0) is 16.0 Å². The van der Waals surface area contributed by atoms with Crippen LogP contribution < -0.4 is 5.32 Å². The zero-order chi connectivity index (χ0) is 19.4. The maximum Gasteiger partial charge on any atom is 0.266 e. The molecule has 0 unspecified atom stereocenters. The molecule has 3 rings (SSSR count). The lowest BCUT2D eigenvalue weighted by atomic mass is 10.2. The van der Waals surface area contributed by atoms with Gasteiger partial charge in [-0.2, -0.15) is 0 Å². The van der Waals surface area contributed by atoms with Gasteiger partial charge >= 0.3 is 0 Å². The molecule has 1 N–H and O–H groups in total. The fourth-order valence-corrected chi connectivity index (χ4v) is 4.45. The van der Waals surface area contributed by atoms with Gasteiger partial charge in [-0.15, -0.1) is 10.2 Å². The number of carbonyl (C=O) groups excluding carboxylic acids is 2. The molecule has 1 fully saturated rings. The van der Waals surface area contributed by atoms with E-state index in [1.807, 2.05) is 25.1 Å². The monoisotopic (exact) mass is 438 g/mol. The van der Waals surface area contributed by atoms with Gasteiger partial charge < -0.3 is 5.32 Å². The number of aryl methyl sites for hydroxylation is 1. The van der Waals surface area contributed by atoms with E-state index in [0.717, 1.165) is 17.0 Å². The zero-order valence-electron chi connectivity index (χ0n) is 14.3. The maximum atomic E-state index is 12.6. The van der Waals surface area contributed by atoms with Crippen LogP contribution in [0, 0.1) is 0 Å². The maximum absolute atomic E-state index is 12.6. The number of carbonyl (C=O) groups is 2. The number of halogens is 1. The van der Waals surface area contributed by atoms with Crippen LogP contribution in [0.1, 0.15) is 23.9 Å². The third-order valence-corrected chi connectivity index (χ3v) is 6.35. The fourth-order valence-electron chi connectivity index (χ4n) is 2.27. The molecule has 2 heterocycles. The van der Waals surface area contributed by atoms with E-state index in [2.05, 4.69) is 15.5 Å². The van der Waals surface area contributed by atoms with E-state index >= 15 is 0 Å². The minimum Gasteiger partial charge on any atom is -0.300 e. The highest BCUT2D eigenvalue weighted by atomic mass is 35.5. The molecule has 2 amide bonds. The molecule has 1 aliphatic rings. The van der Waals surface area contributed by atoms with Crippen molar-refractivity contribution in [3.05, 3.63) is 44.8 Å². The molecule has 1 aliphatic heterocycles. The van der Waals surface area contributed by atoms with Crippen molar-refractivity contribution in [3.8, 4) is 0 Å². The Morgan fingerprint density at radius 2 is 2.15 bits per heavy atom. The molecular formula is C17H15ClN4O2S3. The minimum absolute atomic E-state index is 0.118. The Hall–Kier alpha value is -1.81. The molecule has 6 nitrogen and oxygen atoms in total. The number of hydrogen-bond donors (Lipinski definition) is 1. The lowest BCUT2D eigenvalue weighted by Crippen LogP contribution is -2.31. The third kappa shape index (κ3) is 4.92. The quantitative estimate of drug-likeness (QED) is 0.543. The molecule has 0 atom stereocenters. The van der Waals surface area contributed by atoms with Crippen LogP contribution in [-0.4, -0.2) is 37.8 Å². The average Bonchev–Trinajstić information content (AvgIpc) is 3.20. The summed E-state index contributed by atoms with van der Waals surface area (Å²) in [5.41, 5.74) is 0.750. The Kier molecular flexibility index (Phi) is 6.59. The first-order chi connectivity index (χ1) is 13.0. The topological polar surface area (TPSA) is 75.2 Å². The minimum atomic E-state index is -0.238. The van der Waals surface area contributed by atoms with Crippen molar-refractivity contribution in [1.29, 1.82) is 0 Å². The van der Waals surface area contributed by atoms with E-state index in [1.54, 1.807) is 12.1 Å². The van der Waals surface area contributed by atoms with Gasteiger partial charge in [0.2, 0.25) is 11.0 Å². The summed E-state index contributed by atoms with van der Waals surface area (Å²) in [7, 11) is 0. The van der Waals surface area contributed by atoms with Crippen molar-refractivity contribution in [2.24, 2.45) is 0 Å². The van der Waals surface area contributed by atoms with Gasteiger partial charge in [-0.3, -0.25) is 14.5 Å². The van der Waals surface area contributed by atoms with Crippen molar-refractivity contribution in [1.82, 2.24) is 15.1 Å². The highest BCUT2D eigenvalue weighted by molar-refractivity contribution is 8.26. The van der Waals surface area contributed by atoms with E-state index in [4.69, 9.17) is 23.8 Å². The van der Waals surface area contributed by atoms with Crippen LogP contribution in [0.2, 0.25) is 5.02 Å². The van der Waals surface area contributed by atoms with Crippen LogP contribution >= 0.6 is 46.9 Å².